The number of methoxy groups -OCH3 is 1. The Morgan fingerprint density at radius 3 is 1.32 bits per heavy atom. The van der Waals surface area contributed by atoms with Gasteiger partial charge in [-0.2, -0.15) is 15.3 Å². The third-order valence-electron chi connectivity index (χ3n) is 23.4. The van der Waals surface area contributed by atoms with Gasteiger partial charge in [-0.05, 0) is 238 Å². The van der Waals surface area contributed by atoms with Gasteiger partial charge in [-0.15, -0.1) is 0 Å². The molecule has 27 nitrogen and oxygen atoms in total. The van der Waals surface area contributed by atoms with Crippen LogP contribution in [0.15, 0.2) is 175 Å². The van der Waals surface area contributed by atoms with Crippen LogP contribution in [0.2, 0.25) is 26.2 Å². The van der Waals surface area contributed by atoms with E-state index in [9.17, 15) is 0 Å². The number of benzene rings is 5. The first-order chi connectivity index (χ1) is 62.1. The molecule has 29 heteroatoms. The van der Waals surface area contributed by atoms with Gasteiger partial charge < -0.3 is 45.6 Å². The zero-order valence-corrected chi connectivity index (χ0v) is 82.9. The van der Waals surface area contributed by atoms with Crippen LogP contribution < -0.4 is 19.1 Å². The van der Waals surface area contributed by atoms with E-state index < -0.39 is 16.6 Å². The molecule has 5 aromatic carbocycles. The largest absolute Gasteiger partial charge is 0.542 e. The lowest BCUT2D eigenvalue weighted by Crippen LogP contribution is -2.42. The van der Waals surface area contributed by atoms with Crippen molar-refractivity contribution in [1.82, 2.24) is 103 Å². The zero-order chi connectivity index (χ0) is 93.3. The summed E-state index contributed by atoms with van der Waals surface area (Å²) in [4.78, 5) is 38.9. The predicted octanol–water partition coefficient (Wildman–Crippen LogP) is 22.0. The highest BCUT2D eigenvalue weighted by Gasteiger charge is 2.40. The van der Waals surface area contributed by atoms with E-state index in [0.717, 1.165) is 133 Å². The highest BCUT2D eigenvalue weighted by Crippen LogP contribution is 2.43. The topological polar surface area (TPSA) is 278 Å². The second-order valence-corrected chi connectivity index (χ2v) is 44.5. The SMILES string of the molecule is CCOc1nc(C(C)C)ccc1-n1cnc(C)n1.CCc1cn(-c2ccc(C(C)C)c3cnoc23)cn1.CCc1ncn(-c2ccc(C(C)C)c3cnoc23)n1.COc1nc(C(C)C)ccc1-n1cnc(C)c1.Cc1cn(-c2ccc(C(C)C)c3c2O[Si](C)(C)C3)cn1.Cc1cn(-c2ccc(C(C)C)c3c2[Si](C)(C)OC3)cn1.Cc1ncn(-c2ccc(C(C)C)c3c2CC3)n1. The van der Waals surface area contributed by atoms with E-state index in [1.54, 1.807) is 54.2 Å². The van der Waals surface area contributed by atoms with Crippen LogP contribution in [0.25, 0.3) is 61.8 Å². The first kappa shape index (κ1) is 95.0. The average Bonchev–Trinajstić information content (AvgIpc) is 1.70. The van der Waals surface area contributed by atoms with Gasteiger partial charge in [0.05, 0.1) is 97.9 Å². The predicted molar refractivity (Wildman–Crippen MR) is 519 cm³/mol. The van der Waals surface area contributed by atoms with Gasteiger partial charge in [0, 0.05) is 65.1 Å². The minimum absolute atomic E-state index is 0.371. The minimum atomic E-state index is -1.80. The number of pyridine rings is 2. The Morgan fingerprint density at radius 1 is 0.400 bits per heavy atom. The third kappa shape index (κ3) is 21.4. The molecule has 0 saturated heterocycles. The number of nitrogens with zero attached hydrogens (tertiary/aromatic N) is 21. The highest BCUT2D eigenvalue weighted by atomic mass is 28.4. The molecule has 0 fully saturated rings. The van der Waals surface area contributed by atoms with Crippen molar-refractivity contribution in [3.63, 3.8) is 0 Å². The fourth-order valence-corrected chi connectivity index (χ4v) is 21.0. The van der Waals surface area contributed by atoms with Crippen LogP contribution in [0.4, 0.5) is 0 Å². The van der Waals surface area contributed by atoms with E-state index in [2.05, 4.69) is 277 Å². The van der Waals surface area contributed by atoms with Crippen molar-refractivity contribution in [2.24, 2.45) is 0 Å². The maximum absolute atomic E-state index is 6.37. The first-order valence-electron chi connectivity index (χ1n) is 45.5. The van der Waals surface area contributed by atoms with Crippen LogP contribution in [-0.2, 0) is 42.8 Å². The molecule has 19 rings (SSSR count). The van der Waals surface area contributed by atoms with E-state index in [1.165, 1.54) is 79.5 Å². The zero-order valence-electron chi connectivity index (χ0n) is 80.9. The number of fused-ring (bicyclic) bond motifs is 5. The second kappa shape index (κ2) is 41.0. The number of ether oxygens (including phenoxy) is 2. The molecule has 1 aliphatic carbocycles. The molecule has 0 unspecified atom stereocenters. The molecule has 0 radical (unpaired) electrons. The number of rotatable bonds is 19. The molecule has 0 N–H and O–H groups in total. The van der Waals surface area contributed by atoms with Crippen molar-refractivity contribution >= 4 is 43.8 Å². The molecule has 130 heavy (non-hydrogen) atoms. The summed E-state index contributed by atoms with van der Waals surface area (Å²) in [5, 5.41) is 24.5. The third-order valence-corrected chi connectivity index (χ3v) is 28.0. The lowest BCUT2D eigenvalue weighted by atomic mass is 9.80. The molecule has 13 heterocycles. The molecular formula is C101H129N21O6Si2. The lowest BCUT2D eigenvalue weighted by molar-refractivity contribution is 0.318. The monoisotopic (exact) mass is 1790 g/mol. The molecule has 0 amide bonds. The standard InChI is InChI=1S/2C16H22N2OSi.C15H17N3O.C14H16N4O.C14H17N3.C13H18N4O.C13H17N3O/c1-11(2)13-6-7-15(18-8-12(3)17-10-18)16-14(13)9-20(4,5)19-16;1-11(2)13-6-7-15(18-8-12(3)17-10-18)16-14(13)9-19-20(16,4)5;1-4-11-8-18(9-16-11)14-6-5-12(10(2)3)13-7-17-19-15(13)14;1-4-13-15-8-18(17-13)12-6-5-10(9(2)3)11-7-16-19-14(11)12;1-9(2)11-6-7-14(13-5-4-12(11)13)17-8-15-10(3)16-17;1-5-18-13-12(17-8-14-10(4)16-17)7-6-11(15-13)9(2)3;1-9(2)11-5-6-12(13(15-11)17-4)16-7-10(3)14-8-16/h2*6-8,10-11H,9H2,1-5H3;5-10H,4H2,1-3H3;5-9H,4H2,1-3H3;6-9H,4-5H2,1-3H3;6-9H,5H2,1-4H3;5-9H,1-4H3. The first-order valence-corrected chi connectivity index (χ1v) is 51.6. The number of hydrogen-bond acceptors (Lipinski definition) is 20. The van der Waals surface area contributed by atoms with Gasteiger partial charge >= 0.3 is 0 Å². The van der Waals surface area contributed by atoms with Crippen LogP contribution in [-0.4, -0.2) is 133 Å². The Balaban J connectivity index is 0.000000129. The molecule has 0 atom stereocenters. The average molecular weight is 1790 g/mol. The van der Waals surface area contributed by atoms with Crippen molar-refractivity contribution in [2.45, 2.75) is 258 Å². The fourth-order valence-electron chi connectivity index (χ4n) is 16.5. The van der Waals surface area contributed by atoms with Gasteiger partial charge in [-0.3, -0.25) is 0 Å². The summed E-state index contributed by atoms with van der Waals surface area (Å²) >= 11 is 0. The Kier molecular flexibility index (Phi) is 30.0. The summed E-state index contributed by atoms with van der Waals surface area (Å²) in [6.45, 7) is 57.0. The highest BCUT2D eigenvalue weighted by molar-refractivity contribution is 6.86. The van der Waals surface area contributed by atoms with Gasteiger partial charge in [0.15, 0.2) is 17.0 Å². The van der Waals surface area contributed by atoms with Crippen LogP contribution in [0.1, 0.15) is 261 Å². The minimum Gasteiger partial charge on any atom is -0.542 e. The summed E-state index contributed by atoms with van der Waals surface area (Å²) in [6, 6.07) is 30.8. The molecule has 0 saturated carbocycles. The lowest BCUT2D eigenvalue weighted by Gasteiger charge is -2.27. The van der Waals surface area contributed by atoms with Crippen LogP contribution in [0.5, 0.6) is 17.5 Å². The van der Waals surface area contributed by atoms with Crippen LogP contribution in [0, 0.1) is 34.6 Å². The van der Waals surface area contributed by atoms with E-state index in [1.807, 2.05) is 124 Å². The quantitative estimate of drug-likeness (QED) is 0.0680. The van der Waals surface area contributed by atoms with Crippen LogP contribution >= 0.6 is 0 Å². The summed E-state index contributed by atoms with van der Waals surface area (Å²) in [6.07, 6.45) is 28.4. The van der Waals surface area contributed by atoms with Crippen molar-refractivity contribution in [3.8, 4) is 57.3 Å². The number of imidazole rings is 4. The van der Waals surface area contributed by atoms with E-state index >= 15 is 0 Å². The summed E-state index contributed by atoms with van der Waals surface area (Å²) in [7, 11) is -1.78. The Labute approximate surface area is 766 Å². The molecule has 2 aliphatic heterocycles. The molecule has 0 spiro atoms. The molecule has 3 aliphatic rings. The number of aryl methyl sites for hydroxylation is 7. The Bertz CT molecular complexity index is 6410. The van der Waals surface area contributed by atoms with Crippen LogP contribution in [0.3, 0.4) is 0 Å². The maximum atomic E-state index is 6.37. The Hall–Kier alpha value is -12.6. The van der Waals surface area contributed by atoms with E-state index in [4.69, 9.17) is 27.4 Å². The molecular weight excluding hydrogens is 1660 g/mol. The number of aromatic nitrogens is 21. The van der Waals surface area contributed by atoms with Crippen molar-refractivity contribution < 1.29 is 27.4 Å². The fraction of sp³-hybridized carbons (Fsp3) is 0.406. The van der Waals surface area contributed by atoms with E-state index in [-0.39, 0.29) is 0 Å². The molecule has 16 aromatic rings. The maximum Gasteiger partial charge on any atom is 0.249 e. The smallest absolute Gasteiger partial charge is 0.249 e. The van der Waals surface area contributed by atoms with Crippen molar-refractivity contribution in [3.05, 3.63) is 268 Å². The number of hydrogen-bond donors (Lipinski definition) is 0. The second-order valence-electron chi connectivity index (χ2n) is 36.6. The summed E-state index contributed by atoms with van der Waals surface area (Å²) in [5.41, 5.74) is 27.6. The normalized spacial score (nSPS) is 13.2. The van der Waals surface area contributed by atoms with E-state index in [0.29, 0.717) is 59.8 Å². The Morgan fingerprint density at radius 2 is 0.838 bits per heavy atom. The molecule has 0 bridgehead atoms. The molecule has 11 aromatic heterocycles. The van der Waals surface area contributed by atoms with Gasteiger partial charge in [-0.1, -0.05) is 151 Å². The van der Waals surface area contributed by atoms with Gasteiger partial charge in [0.25, 0.3) is 0 Å². The van der Waals surface area contributed by atoms with Gasteiger partial charge in [-0.25, -0.2) is 58.9 Å². The van der Waals surface area contributed by atoms with Crippen molar-refractivity contribution in [1.29, 1.82) is 0 Å². The van der Waals surface area contributed by atoms with Crippen molar-refractivity contribution in [2.75, 3.05) is 13.7 Å². The summed E-state index contributed by atoms with van der Waals surface area (Å²) in [5.74, 6) is 8.02. The van der Waals surface area contributed by atoms with Gasteiger partial charge in [0.2, 0.25) is 28.4 Å². The molecule has 682 valence electrons. The summed E-state index contributed by atoms with van der Waals surface area (Å²) < 4.78 is 47.8. The van der Waals surface area contributed by atoms with Gasteiger partial charge in [0.1, 0.15) is 53.4 Å².